The van der Waals surface area contributed by atoms with Crippen molar-refractivity contribution in [2.24, 2.45) is 0 Å². The van der Waals surface area contributed by atoms with E-state index in [-0.39, 0.29) is 11.8 Å². The maximum Gasteiger partial charge on any atom is 0.233 e. The molecule has 12 heavy (non-hydrogen) atoms. The second kappa shape index (κ2) is 3.35. The molecule has 0 radical (unpaired) electrons. The third-order valence-electron chi connectivity index (χ3n) is 1.51. The molecule has 1 atom stereocenters. The SMILES string of the molecule is CC(C)c1nnc(C(C)C#N)o1. The van der Waals surface area contributed by atoms with E-state index < -0.39 is 0 Å². The molecule has 0 aliphatic rings. The number of nitrogens with zero attached hydrogens (tertiary/aromatic N) is 3. The molecule has 0 aliphatic carbocycles. The fourth-order valence-corrected chi connectivity index (χ4v) is 0.710. The zero-order valence-electron chi connectivity index (χ0n) is 7.40. The predicted octanol–water partition coefficient (Wildman–Crippen LogP) is 1.82. The van der Waals surface area contributed by atoms with Crippen molar-refractivity contribution in [3.05, 3.63) is 11.8 Å². The van der Waals surface area contributed by atoms with Crippen molar-refractivity contribution in [2.45, 2.75) is 32.6 Å². The van der Waals surface area contributed by atoms with Crippen LogP contribution >= 0.6 is 0 Å². The Morgan fingerprint density at radius 1 is 1.25 bits per heavy atom. The highest BCUT2D eigenvalue weighted by molar-refractivity contribution is 5.02. The number of hydrogen-bond acceptors (Lipinski definition) is 4. The highest BCUT2D eigenvalue weighted by Gasteiger charge is 2.14. The molecule has 0 aliphatic heterocycles. The topological polar surface area (TPSA) is 62.7 Å². The Morgan fingerprint density at radius 2 is 1.83 bits per heavy atom. The van der Waals surface area contributed by atoms with E-state index in [0.29, 0.717) is 11.8 Å². The second-order valence-corrected chi connectivity index (χ2v) is 2.98. The van der Waals surface area contributed by atoms with E-state index in [9.17, 15) is 0 Å². The summed E-state index contributed by atoms with van der Waals surface area (Å²) in [6, 6.07) is 2.04. The summed E-state index contributed by atoms with van der Waals surface area (Å²) in [4.78, 5) is 0. The number of rotatable bonds is 2. The van der Waals surface area contributed by atoms with Crippen LogP contribution in [0.3, 0.4) is 0 Å². The van der Waals surface area contributed by atoms with Gasteiger partial charge in [0.25, 0.3) is 0 Å². The molecular formula is C8H11N3O. The fourth-order valence-electron chi connectivity index (χ4n) is 0.710. The van der Waals surface area contributed by atoms with Crippen LogP contribution in [0.2, 0.25) is 0 Å². The van der Waals surface area contributed by atoms with E-state index in [1.165, 1.54) is 0 Å². The molecule has 1 aromatic heterocycles. The summed E-state index contributed by atoms with van der Waals surface area (Å²) in [6.45, 7) is 5.67. The van der Waals surface area contributed by atoms with Crippen LogP contribution in [0.4, 0.5) is 0 Å². The van der Waals surface area contributed by atoms with Crippen LogP contribution in [0.5, 0.6) is 0 Å². The van der Waals surface area contributed by atoms with Gasteiger partial charge in [-0.05, 0) is 6.92 Å². The van der Waals surface area contributed by atoms with Crippen LogP contribution in [-0.4, -0.2) is 10.2 Å². The lowest BCUT2D eigenvalue weighted by Gasteiger charge is -1.95. The third-order valence-corrected chi connectivity index (χ3v) is 1.51. The summed E-state index contributed by atoms with van der Waals surface area (Å²) in [6.07, 6.45) is 0. The van der Waals surface area contributed by atoms with Crippen LogP contribution in [0.25, 0.3) is 0 Å². The minimum atomic E-state index is -0.315. The molecule has 4 heteroatoms. The van der Waals surface area contributed by atoms with Crippen molar-refractivity contribution in [2.75, 3.05) is 0 Å². The smallest absolute Gasteiger partial charge is 0.233 e. The molecular weight excluding hydrogens is 154 g/mol. The van der Waals surface area contributed by atoms with Crippen LogP contribution in [-0.2, 0) is 0 Å². The molecule has 1 aromatic rings. The highest BCUT2D eigenvalue weighted by Crippen LogP contribution is 2.17. The van der Waals surface area contributed by atoms with Crippen molar-refractivity contribution in [1.82, 2.24) is 10.2 Å². The molecule has 0 N–H and O–H groups in total. The van der Waals surface area contributed by atoms with Gasteiger partial charge in [0.15, 0.2) is 0 Å². The van der Waals surface area contributed by atoms with Gasteiger partial charge in [0, 0.05) is 5.92 Å². The van der Waals surface area contributed by atoms with Gasteiger partial charge < -0.3 is 4.42 Å². The first kappa shape index (κ1) is 8.72. The van der Waals surface area contributed by atoms with Gasteiger partial charge in [-0.2, -0.15) is 5.26 Å². The molecule has 0 amide bonds. The van der Waals surface area contributed by atoms with Gasteiger partial charge >= 0.3 is 0 Å². The van der Waals surface area contributed by atoms with E-state index in [0.717, 1.165) is 0 Å². The number of aromatic nitrogens is 2. The maximum atomic E-state index is 8.56. The molecule has 0 bridgehead atoms. The molecule has 4 nitrogen and oxygen atoms in total. The lowest BCUT2D eigenvalue weighted by Crippen LogP contribution is -1.88. The van der Waals surface area contributed by atoms with Crippen molar-refractivity contribution < 1.29 is 4.42 Å². The molecule has 64 valence electrons. The number of hydrogen-bond donors (Lipinski definition) is 0. The lowest BCUT2D eigenvalue weighted by atomic mass is 10.2. The van der Waals surface area contributed by atoms with Crippen LogP contribution in [0.1, 0.15) is 44.4 Å². The van der Waals surface area contributed by atoms with Crippen LogP contribution < -0.4 is 0 Å². The van der Waals surface area contributed by atoms with E-state index in [1.54, 1.807) is 6.92 Å². The Bertz CT molecular complexity index is 297. The summed E-state index contributed by atoms with van der Waals surface area (Å²) < 4.78 is 5.25. The monoisotopic (exact) mass is 165 g/mol. The molecule has 0 saturated carbocycles. The summed E-state index contributed by atoms with van der Waals surface area (Å²) in [7, 11) is 0. The molecule has 0 fully saturated rings. The molecule has 0 saturated heterocycles. The van der Waals surface area contributed by atoms with Crippen LogP contribution in [0, 0.1) is 11.3 Å². The van der Waals surface area contributed by atoms with Gasteiger partial charge in [-0.15, -0.1) is 10.2 Å². The number of nitriles is 1. The first-order valence-electron chi connectivity index (χ1n) is 3.88. The van der Waals surface area contributed by atoms with E-state index in [1.807, 2.05) is 19.9 Å². The van der Waals surface area contributed by atoms with E-state index in [2.05, 4.69) is 10.2 Å². The summed E-state index contributed by atoms with van der Waals surface area (Å²) >= 11 is 0. The van der Waals surface area contributed by atoms with Gasteiger partial charge in [0.2, 0.25) is 11.8 Å². The quantitative estimate of drug-likeness (QED) is 0.670. The van der Waals surface area contributed by atoms with Crippen LogP contribution in [0.15, 0.2) is 4.42 Å². The van der Waals surface area contributed by atoms with Crippen molar-refractivity contribution in [1.29, 1.82) is 5.26 Å². The highest BCUT2D eigenvalue weighted by atomic mass is 16.4. The predicted molar refractivity (Wildman–Crippen MR) is 42.4 cm³/mol. The normalized spacial score (nSPS) is 12.9. The Labute approximate surface area is 71.2 Å². The Kier molecular flexibility index (Phi) is 2.44. The van der Waals surface area contributed by atoms with E-state index >= 15 is 0 Å². The zero-order chi connectivity index (χ0) is 9.14. The second-order valence-electron chi connectivity index (χ2n) is 2.98. The average Bonchev–Trinajstić information content (AvgIpc) is 2.51. The maximum absolute atomic E-state index is 8.56. The van der Waals surface area contributed by atoms with Crippen molar-refractivity contribution >= 4 is 0 Å². The average molecular weight is 165 g/mol. The van der Waals surface area contributed by atoms with Gasteiger partial charge in [-0.25, -0.2) is 0 Å². The Balaban J connectivity index is 2.86. The lowest BCUT2D eigenvalue weighted by molar-refractivity contribution is 0.427. The fraction of sp³-hybridized carbons (Fsp3) is 0.625. The largest absolute Gasteiger partial charge is 0.424 e. The first-order chi connectivity index (χ1) is 5.65. The molecule has 1 unspecified atom stereocenters. The minimum Gasteiger partial charge on any atom is -0.424 e. The molecule has 0 aromatic carbocycles. The van der Waals surface area contributed by atoms with E-state index in [4.69, 9.17) is 9.68 Å². The first-order valence-corrected chi connectivity index (χ1v) is 3.88. The summed E-state index contributed by atoms with van der Waals surface area (Å²) in [5, 5.41) is 16.1. The standard InChI is InChI=1S/C8H11N3O/c1-5(2)7-10-11-8(12-7)6(3)4-9/h5-6H,1-3H3. The Morgan fingerprint density at radius 3 is 2.25 bits per heavy atom. The molecule has 1 rings (SSSR count). The summed E-state index contributed by atoms with van der Waals surface area (Å²) in [5.74, 6) is 0.899. The third kappa shape index (κ3) is 1.62. The molecule has 1 heterocycles. The van der Waals surface area contributed by atoms with Gasteiger partial charge in [0.05, 0.1) is 6.07 Å². The Hall–Kier alpha value is -1.37. The van der Waals surface area contributed by atoms with Crippen molar-refractivity contribution in [3.63, 3.8) is 0 Å². The summed E-state index contributed by atoms with van der Waals surface area (Å²) in [5.41, 5.74) is 0. The van der Waals surface area contributed by atoms with Gasteiger partial charge in [-0.3, -0.25) is 0 Å². The zero-order valence-corrected chi connectivity index (χ0v) is 7.40. The molecule has 0 spiro atoms. The van der Waals surface area contributed by atoms with Gasteiger partial charge in [-0.1, -0.05) is 13.8 Å². The van der Waals surface area contributed by atoms with Crippen molar-refractivity contribution in [3.8, 4) is 6.07 Å². The minimum absolute atomic E-state index is 0.220. The van der Waals surface area contributed by atoms with Gasteiger partial charge in [0.1, 0.15) is 5.92 Å².